The maximum Gasteiger partial charge on any atom is 0.306 e. The van der Waals surface area contributed by atoms with Crippen LogP contribution in [0.3, 0.4) is 0 Å². The molecular weight excluding hydrogens is 961 g/mol. The third-order valence-electron chi connectivity index (χ3n) is 14.9. The van der Waals surface area contributed by atoms with Gasteiger partial charge in [-0.1, -0.05) is 312 Å². The Bertz CT molecular complexity index is 1440. The molecule has 6 heteroatoms. The molecule has 1 unspecified atom stereocenters. The van der Waals surface area contributed by atoms with Crippen molar-refractivity contribution in [1.82, 2.24) is 0 Å². The fourth-order valence-corrected chi connectivity index (χ4v) is 9.88. The number of ether oxygens (including phenoxy) is 3. The van der Waals surface area contributed by atoms with Crippen LogP contribution in [0.1, 0.15) is 348 Å². The van der Waals surface area contributed by atoms with Crippen LogP contribution in [0.4, 0.5) is 0 Å². The highest BCUT2D eigenvalue weighted by Crippen LogP contribution is 2.17. The minimum Gasteiger partial charge on any atom is -0.462 e. The van der Waals surface area contributed by atoms with Crippen LogP contribution < -0.4 is 0 Å². The Morgan fingerprint density at radius 1 is 0.269 bits per heavy atom. The average molecular weight is 1090 g/mol. The maximum atomic E-state index is 12.9. The number of hydrogen-bond acceptors (Lipinski definition) is 6. The lowest BCUT2D eigenvalue weighted by molar-refractivity contribution is -0.167. The number of carbonyl (C=O) groups excluding carboxylic acids is 3. The second-order valence-electron chi connectivity index (χ2n) is 22.7. The van der Waals surface area contributed by atoms with E-state index in [0.29, 0.717) is 19.3 Å². The quantitative estimate of drug-likeness (QED) is 0.0261. The van der Waals surface area contributed by atoms with E-state index >= 15 is 0 Å². The summed E-state index contributed by atoms with van der Waals surface area (Å²) >= 11 is 0. The number of rotatable bonds is 62. The van der Waals surface area contributed by atoms with E-state index in [9.17, 15) is 14.4 Å². The second kappa shape index (κ2) is 66.4. The molecule has 0 aliphatic carbocycles. The van der Waals surface area contributed by atoms with Crippen molar-refractivity contribution in [3.63, 3.8) is 0 Å². The van der Waals surface area contributed by atoms with Gasteiger partial charge in [-0.25, -0.2) is 0 Å². The van der Waals surface area contributed by atoms with Gasteiger partial charge in [-0.15, -0.1) is 0 Å². The highest BCUT2D eigenvalue weighted by molar-refractivity contribution is 5.71. The lowest BCUT2D eigenvalue weighted by atomic mass is 10.0. The SMILES string of the molecule is CC/C=C\C/C=C\C/C=C\C/C=C\C/C=C\CCCCCC(=O)OC(COC(=O)CCCCCCCCCCCC)COC(=O)CCCCCCCCCCCCCCCCCCCCC/C=C\CCCCCCCCCC. The van der Waals surface area contributed by atoms with E-state index in [-0.39, 0.29) is 31.1 Å². The largest absolute Gasteiger partial charge is 0.462 e. The molecule has 0 saturated carbocycles. The van der Waals surface area contributed by atoms with E-state index in [1.54, 1.807) is 0 Å². The molecule has 0 spiro atoms. The zero-order chi connectivity index (χ0) is 56.4. The van der Waals surface area contributed by atoms with Gasteiger partial charge in [-0.05, 0) is 89.9 Å². The van der Waals surface area contributed by atoms with Gasteiger partial charge in [0.25, 0.3) is 0 Å². The van der Waals surface area contributed by atoms with Gasteiger partial charge in [0.15, 0.2) is 6.10 Å². The third-order valence-corrected chi connectivity index (χ3v) is 14.9. The number of esters is 3. The minimum absolute atomic E-state index is 0.0851. The topological polar surface area (TPSA) is 78.9 Å². The van der Waals surface area contributed by atoms with Gasteiger partial charge < -0.3 is 14.2 Å². The van der Waals surface area contributed by atoms with Crippen molar-refractivity contribution in [2.45, 2.75) is 354 Å². The first-order valence-electron chi connectivity index (χ1n) is 33.9. The summed E-state index contributed by atoms with van der Waals surface area (Å²) in [6.07, 6.45) is 86.6. The van der Waals surface area contributed by atoms with Crippen LogP contribution in [0, 0.1) is 0 Å². The smallest absolute Gasteiger partial charge is 0.306 e. The first-order chi connectivity index (χ1) is 38.5. The number of carbonyl (C=O) groups is 3. The van der Waals surface area contributed by atoms with E-state index in [2.05, 4.69) is 93.7 Å². The summed E-state index contributed by atoms with van der Waals surface area (Å²) in [7, 11) is 0. The maximum absolute atomic E-state index is 12.9. The minimum atomic E-state index is -0.791. The van der Waals surface area contributed by atoms with Crippen LogP contribution in [0.2, 0.25) is 0 Å². The lowest BCUT2D eigenvalue weighted by Crippen LogP contribution is -2.30. The summed E-state index contributed by atoms with van der Waals surface area (Å²) in [6.45, 7) is 6.53. The van der Waals surface area contributed by atoms with Crippen LogP contribution in [0.5, 0.6) is 0 Å². The van der Waals surface area contributed by atoms with Crippen LogP contribution in [0.25, 0.3) is 0 Å². The van der Waals surface area contributed by atoms with Gasteiger partial charge >= 0.3 is 17.9 Å². The summed E-state index contributed by atoms with van der Waals surface area (Å²) < 4.78 is 16.9. The van der Waals surface area contributed by atoms with Gasteiger partial charge in [0, 0.05) is 19.3 Å². The molecule has 0 aromatic heterocycles. The number of unbranched alkanes of at least 4 members (excludes halogenated alkanes) is 39. The Morgan fingerprint density at radius 2 is 0.500 bits per heavy atom. The molecule has 452 valence electrons. The molecular formula is C72H128O6. The Labute approximate surface area is 484 Å². The number of allylic oxidation sites excluding steroid dienone is 12. The van der Waals surface area contributed by atoms with Gasteiger partial charge in [0.2, 0.25) is 0 Å². The molecule has 0 aromatic rings. The average Bonchev–Trinajstić information content (AvgIpc) is 3.44. The van der Waals surface area contributed by atoms with E-state index in [1.165, 1.54) is 212 Å². The van der Waals surface area contributed by atoms with Crippen molar-refractivity contribution in [3.8, 4) is 0 Å². The van der Waals surface area contributed by atoms with Gasteiger partial charge in [0.05, 0.1) is 0 Å². The summed E-state index contributed by atoms with van der Waals surface area (Å²) in [5, 5.41) is 0. The normalized spacial score (nSPS) is 12.5. The highest BCUT2D eigenvalue weighted by Gasteiger charge is 2.19. The standard InChI is InChI=1S/C72H128O6/c1-4-7-10-13-16-19-22-24-26-28-30-31-32-33-34-35-36-37-38-39-40-41-43-44-46-48-50-53-56-59-62-65-71(74)77-68-69(67-76-70(73)64-61-58-55-52-21-18-15-12-9-6-3)78-72(75)66-63-60-57-54-51-49-47-45-42-29-27-25-23-20-17-14-11-8-5-2/h8,11,17,20,25,27-28,30,42,45,49,51,69H,4-7,9-10,12-16,18-19,21-24,26,29,31-41,43-44,46-48,50,52-68H2,1-3H3/b11-8-,20-17-,27-25-,30-28-,45-42-,51-49-. The van der Waals surface area contributed by atoms with Crippen LogP contribution in [0.15, 0.2) is 72.9 Å². The Balaban J connectivity index is 4.15. The van der Waals surface area contributed by atoms with Crippen molar-refractivity contribution in [2.75, 3.05) is 13.2 Å². The van der Waals surface area contributed by atoms with Crippen molar-refractivity contribution < 1.29 is 28.6 Å². The molecule has 0 bridgehead atoms. The van der Waals surface area contributed by atoms with E-state index in [1.807, 2.05) is 0 Å². The molecule has 0 fully saturated rings. The van der Waals surface area contributed by atoms with Crippen LogP contribution in [-0.4, -0.2) is 37.2 Å². The van der Waals surface area contributed by atoms with Gasteiger partial charge in [-0.2, -0.15) is 0 Å². The van der Waals surface area contributed by atoms with Crippen molar-refractivity contribution in [1.29, 1.82) is 0 Å². The molecule has 0 amide bonds. The van der Waals surface area contributed by atoms with Crippen LogP contribution >= 0.6 is 0 Å². The molecule has 0 aromatic carbocycles. The molecule has 6 nitrogen and oxygen atoms in total. The van der Waals surface area contributed by atoms with Crippen molar-refractivity contribution in [2.24, 2.45) is 0 Å². The first-order valence-corrected chi connectivity index (χ1v) is 33.9. The Kier molecular flexibility index (Phi) is 63.7. The van der Waals surface area contributed by atoms with E-state index in [0.717, 1.165) is 96.3 Å². The summed E-state index contributed by atoms with van der Waals surface area (Å²) in [5.41, 5.74) is 0. The van der Waals surface area contributed by atoms with Crippen molar-refractivity contribution >= 4 is 17.9 Å². The molecule has 0 saturated heterocycles. The predicted octanol–water partition coefficient (Wildman–Crippen LogP) is 23.3. The molecule has 0 aliphatic heterocycles. The van der Waals surface area contributed by atoms with Gasteiger partial charge in [0.1, 0.15) is 13.2 Å². The van der Waals surface area contributed by atoms with Crippen molar-refractivity contribution in [3.05, 3.63) is 72.9 Å². The Hall–Kier alpha value is -3.15. The summed E-state index contributed by atoms with van der Waals surface area (Å²) in [6, 6.07) is 0. The monoisotopic (exact) mass is 1090 g/mol. The molecule has 0 N–H and O–H groups in total. The first kappa shape index (κ1) is 74.8. The fraction of sp³-hybridized carbons (Fsp3) is 0.792. The zero-order valence-corrected chi connectivity index (χ0v) is 51.9. The van der Waals surface area contributed by atoms with E-state index < -0.39 is 6.10 Å². The lowest BCUT2D eigenvalue weighted by Gasteiger charge is -2.18. The molecule has 1 atom stereocenters. The Morgan fingerprint density at radius 3 is 0.808 bits per heavy atom. The summed E-state index contributed by atoms with van der Waals surface area (Å²) in [4.78, 5) is 38.2. The van der Waals surface area contributed by atoms with E-state index in [4.69, 9.17) is 14.2 Å². The highest BCUT2D eigenvalue weighted by atomic mass is 16.6. The predicted molar refractivity (Wildman–Crippen MR) is 339 cm³/mol. The molecule has 78 heavy (non-hydrogen) atoms. The van der Waals surface area contributed by atoms with Crippen LogP contribution in [-0.2, 0) is 28.6 Å². The molecule has 0 rings (SSSR count). The third kappa shape index (κ3) is 63.7. The molecule has 0 aliphatic rings. The number of hydrogen-bond donors (Lipinski definition) is 0. The second-order valence-corrected chi connectivity index (χ2v) is 22.7. The zero-order valence-electron chi connectivity index (χ0n) is 51.9. The fourth-order valence-electron chi connectivity index (χ4n) is 9.88. The molecule has 0 radical (unpaired) electrons. The summed E-state index contributed by atoms with van der Waals surface area (Å²) in [5.74, 6) is -0.903. The van der Waals surface area contributed by atoms with Gasteiger partial charge in [-0.3, -0.25) is 14.4 Å². The molecule has 0 heterocycles.